The zero-order valence-corrected chi connectivity index (χ0v) is 12.8. The fourth-order valence-electron chi connectivity index (χ4n) is 2.70. The van der Waals surface area contributed by atoms with Crippen molar-refractivity contribution in [3.63, 3.8) is 0 Å². The number of nitrogens with zero attached hydrogens (tertiary/aromatic N) is 5. The van der Waals surface area contributed by atoms with Crippen molar-refractivity contribution < 1.29 is 4.79 Å². The minimum Gasteiger partial charge on any atom is -0.339 e. The van der Waals surface area contributed by atoms with Crippen molar-refractivity contribution in [3.8, 4) is 0 Å². The molecule has 3 heterocycles. The molecule has 0 radical (unpaired) electrons. The lowest BCUT2D eigenvalue weighted by molar-refractivity contribution is -0.129. The first-order valence-electron chi connectivity index (χ1n) is 7.06. The normalized spacial score (nSPS) is 15.6. The van der Waals surface area contributed by atoms with E-state index in [1.165, 1.54) is 11.6 Å². The first-order valence-corrected chi connectivity index (χ1v) is 7.06. The number of hydrogen-bond donors (Lipinski definition) is 1. The molecule has 3 rings (SSSR count). The number of anilines is 1. The molecule has 0 saturated carbocycles. The number of H-pyrrole nitrogens is 1. The molecule has 0 bridgehead atoms. The van der Waals surface area contributed by atoms with Crippen molar-refractivity contribution in [3.05, 3.63) is 20.8 Å². The number of piperazine rings is 1. The van der Waals surface area contributed by atoms with Gasteiger partial charge in [-0.15, -0.1) is 0 Å². The first kappa shape index (κ1) is 14.4. The number of carbonyl (C=O) groups is 1. The van der Waals surface area contributed by atoms with E-state index in [4.69, 9.17) is 0 Å². The summed E-state index contributed by atoms with van der Waals surface area (Å²) in [6, 6.07) is 0. The van der Waals surface area contributed by atoms with Gasteiger partial charge in [-0.2, -0.15) is 4.98 Å². The van der Waals surface area contributed by atoms with Crippen molar-refractivity contribution in [1.82, 2.24) is 24.0 Å². The van der Waals surface area contributed by atoms with Crippen LogP contribution in [0.4, 0.5) is 5.95 Å². The number of imidazole rings is 1. The van der Waals surface area contributed by atoms with E-state index in [0.717, 1.165) is 4.57 Å². The smallest absolute Gasteiger partial charge is 0.332 e. The molecule has 1 aliphatic heterocycles. The number of nitrogens with one attached hydrogen (secondary N) is 1. The summed E-state index contributed by atoms with van der Waals surface area (Å²) in [5.74, 6) is 0.608. The number of aryl methyl sites for hydroxylation is 1. The lowest BCUT2D eigenvalue weighted by Gasteiger charge is -2.33. The highest BCUT2D eigenvalue weighted by Crippen LogP contribution is 2.15. The molecule has 2 aromatic heterocycles. The second-order valence-electron chi connectivity index (χ2n) is 5.46. The molecule has 9 nitrogen and oxygen atoms in total. The lowest BCUT2D eigenvalue weighted by Crippen LogP contribution is -2.48. The van der Waals surface area contributed by atoms with E-state index in [2.05, 4.69) is 9.97 Å². The monoisotopic (exact) mass is 306 g/mol. The van der Waals surface area contributed by atoms with Crippen LogP contribution < -0.4 is 16.1 Å². The average Bonchev–Trinajstić information content (AvgIpc) is 2.96. The Labute approximate surface area is 125 Å². The molecular weight excluding hydrogens is 288 g/mol. The Kier molecular flexibility index (Phi) is 3.27. The van der Waals surface area contributed by atoms with E-state index < -0.39 is 5.69 Å². The number of amides is 1. The van der Waals surface area contributed by atoms with Crippen molar-refractivity contribution in [2.75, 3.05) is 31.1 Å². The summed E-state index contributed by atoms with van der Waals surface area (Å²) in [4.78, 5) is 46.6. The molecule has 118 valence electrons. The van der Waals surface area contributed by atoms with E-state index in [9.17, 15) is 14.4 Å². The second-order valence-corrected chi connectivity index (χ2v) is 5.46. The van der Waals surface area contributed by atoms with Gasteiger partial charge in [-0.3, -0.25) is 18.7 Å². The zero-order valence-electron chi connectivity index (χ0n) is 12.8. The molecular formula is C13H18N6O3. The third-order valence-corrected chi connectivity index (χ3v) is 4.11. The molecule has 0 atom stereocenters. The summed E-state index contributed by atoms with van der Waals surface area (Å²) in [5, 5.41) is 0. The molecule has 1 aliphatic rings. The predicted molar refractivity (Wildman–Crippen MR) is 81.0 cm³/mol. The molecule has 1 fully saturated rings. The standard InChI is InChI=1S/C13H18N6O3/c1-8(20)18-4-6-19(7-5-18)12-14-9-10(15-12)16(2)13(22)17(3)11(9)21/h4-7H2,1-3H3,(H,14,15). The summed E-state index contributed by atoms with van der Waals surface area (Å²) < 4.78 is 2.40. The first-order chi connectivity index (χ1) is 10.4. The summed E-state index contributed by atoms with van der Waals surface area (Å²) in [6.45, 7) is 4.05. The van der Waals surface area contributed by atoms with Crippen LogP contribution in [0.3, 0.4) is 0 Å². The molecule has 22 heavy (non-hydrogen) atoms. The highest BCUT2D eigenvalue weighted by molar-refractivity contribution is 5.74. The second kappa shape index (κ2) is 5.00. The number of aromatic amines is 1. The minimum absolute atomic E-state index is 0.0560. The summed E-state index contributed by atoms with van der Waals surface area (Å²) >= 11 is 0. The summed E-state index contributed by atoms with van der Waals surface area (Å²) in [6.07, 6.45) is 0. The average molecular weight is 306 g/mol. The molecule has 1 saturated heterocycles. The Morgan fingerprint density at radius 3 is 2.32 bits per heavy atom. The van der Waals surface area contributed by atoms with E-state index >= 15 is 0 Å². The fourth-order valence-corrected chi connectivity index (χ4v) is 2.70. The number of carbonyl (C=O) groups excluding carboxylic acids is 1. The van der Waals surface area contributed by atoms with Crippen LogP contribution in [-0.4, -0.2) is 56.1 Å². The van der Waals surface area contributed by atoms with E-state index in [1.807, 2.05) is 4.90 Å². The molecule has 0 unspecified atom stereocenters. The van der Waals surface area contributed by atoms with Crippen molar-refractivity contribution >= 4 is 23.0 Å². The molecule has 0 aromatic carbocycles. The summed E-state index contributed by atoms with van der Waals surface area (Å²) in [5.41, 5.74) is -0.137. The van der Waals surface area contributed by atoms with Gasteiger partial charge in [-0.1, -0.05) is 0 Å². The van der Waals surface area contributed by atoms with Gasteiger partial charge in [0.1, 0.15) is 0 Å². The van der Waals surface area contributed by atoms with Gasteiger partial charge in [0, 0.05) is 47.2 Å². The Hall–Kier alpha value is -2.58. The van der Waals surface area contributed by atoms with Gasteiger partial charge in [0.15, 0.2) is 11.2 Å². The Bertz CT molecular complexity index is 853. The van der Waals surface area contributed by atoms with Crippen LogP contribution in [0, 0.1) is 0 Å². The van der Waals surface area contributed by atoms with Gasteiger partial charge in [0.25, 0.3) is 5.56 Å². The molecule has 1 amide bonds. The van der Waals surface area contributed by atoms with E-state index in [-0.39, 0.29) is 11.5 Å². The Balaban J connectivity index is 1.99. The zero-order chi connectivity index (χ0) is 16.0. The molecule has 1 N–H and O–H groups in total. The predicted octanol–water partition coefficient (Wildman–Crippen LogP) is -1.37. The molecule has 2 aromatic rings. The Morgan fingerprint density at radius 2 is 1.73 bits per heavy atom. The van der Waals surface area contributed by atoms with Crippen molar-refractivity contribution in [2.24, 2.45) is 14.1 Å². The number of fused-ring (bicyclic) bond motifs is 1. The minimum atomic E-state index is -0.406. The van der Waals surface area contributed by atoms with Gasteiger partial charge in [0.05, 0.1) is 0 Å². The van der Waals surface area contributed by atoms with Crippen LogP contribution in [0.1, 0.15) is 6.92 Å². The van der Waals surface area contributed by atoms with Crippen LogP contribution in [-0.2, 0) is 18.9 Å². The fraction of sp³-hybridized carbons (Fsp3) is 0.538. The summed E-state index contributed by atoms with van der Waals surface area (Å²) in [7, 11) is 3.03. The van der Waals surface area contributed by atoms with Crippen LogP contribution >= 0.6 is 0 Å². The number of aromatic nitrogens is 4. The van der Waals surface area contributed by atoms with Crippen molar-refractivity contribution in [2.45, 2.75) is 6.92 Å². The quantitative estimate of drug-likeness (QED) is 0.701. The number of rotatable bonds is 1. The Morgan fingerprint density at radius 1 is 1.09 bits per heavy atom. The van der Waals surface area contributed by atoms with Crippen LogP contribution in [0.25, 0.3) is 11.2 Å². The van der Waals surface area contributed by atoms with Gasteiger partial charge in [-0.05, 0) is 0 Å². The van der Waals surface area contributed by atoms with Gasteiger partial charge in [-0.25, -0.2) is 4.79 Å². The van der Waals surface area contributed by atoms with Gasteiger partial charge < -0.3 is 14.8 Å². The maximum absolute atomic E-state index is 12.1. The molecule has 9 heteroatoms. The van der Waals surface area contributed by atoms with Gasteiger partial charge >= 0.3 is 5.69 Å². The van der Waals surface area contributed by atoms with Crippen molar-refractivity contribution in [1.29, 1.82) is 0 Å². The highest BCUT2D eigenvalue weighted by Gasteiger charge is 2.22. The topological polar surface area (TPSA) is 96.2 Å². The van der Waals surface area contributed by atoms with Gasteiger partial charge in [0.2, 0.25) is 11.9 Å². The third-order valence-electron chi connectivity index (χ3n) is 4.11. The highest BCUT2D eigenvalue weighted by atomic mass is 16.2. The largest absolute Gasteiger partial charge is 0.339 e. The maximum Gasteiger partial charge on any atom is 0.332 e. The van der Waals surface area contributed by atoms with E-state index in [0.29, 0.717) is 43.3 Å². The molecule has 0 aliphatic carbocycles. The SMILES string of the molecule is CC(=O)N1CCN(c2nc3c([nH]2)c(=O)n(C)c(=O)n3C)CC1. The van der Waals surface area contributed by atoms with E-state index in [1.54, 1.807) is 18.9 Å². The van der Waals surface area contributed by atoms with Crippen LogP contribution in [0.2, 0.25) is 0 Å². The van der Waals surface area contributed by atoms with Crippen LogP contribution in [0.15, 0.2) is 9.59 Å². The van der Waals surface area contributed by atoms with Crippen LogP contribution in [0.5, 0.6) is 0 Å². The number of hydrogen-bond acceptors (Lipinski definition) is 5. The molecule has 0 spiro atoms. The lowest BCUT2D eigenvalue weighted by atomic mass is 10.3. The maximum atomic E-state index is 12.1. The third kappa shape index (κ3) is 2.09.